The van der Waals surface area contributed by atoms with E-state index in [2.05, 4.69) is 13.5 Å². The summed E-state index contributed by atoms with van der Waals surface area (Å²) in [5.41, 5.74) is 0. The number of carbonyl (C=O) groups is 2. The molecule has 1 N–H and O–H groups in total. The Morgan fingerprint density at radius 3 is 2.03 bits per heavy atom. The van der Waals surface area contributed by atoms with Crippen molar-refractivity contribution in [2.24, 2.45) is 0 Å². The van der Waals surface area contributed by atoms with Gasteiger partial charge in [0.25, 0.3) is 0 Å². The SMILES string of the molecule is C=CCCCCCCCC(=O)OC[C@H](COP(=O)(O)OCC[N+](C)(C)C)OC(=O)CCCCCCCC. The lowest BCUT2D eigenvalue weighted by atomic mass is 10.1. The zero-order valence-corrected chi connectivity index (χ0v) is 24.7. The van der Waals surface area contributed by atoms with E-state index in [9.17, 15) is 19.0 Å². The van der Waals surface area contributed by atoms with Gasteiger partial charge in [0.1, 0.15) is 19.8 Å². The fourth-order valence-electron chi connectivity index (χ4n) is 3.40. The van der Waals surface area contributed by atoms with Crippen molar-refractivity contribution in [1.82, 2.24) is 0 Å². The van der Waals surface area contributed by atoms with Gasteiger partial charge >= 0.3 is 19.8 Å². The molecule has 37 heavy (non-hydrogen) atoms. The van der Waals surface area contributed by atoms with Gasteiger partial charge in [-0.1, -0.05) is 64.4 Å². The highest BCUT2D eigenvalue weighted by molar-refractivity contribution is 7.47. The largest absolute Gasteiger partial charge is 0.472 e. The number of phosphoric ester groups is 1. The maximum atomic E-state index is 12.3. The molecule has 0 spiro atoms. The van der Waals surface area contributed by atoms with E-state index >= 15 is 0 Å². The van der Waals surface area contributed by atoms with Crippen LogP contribution in [-0.2, 0) is 32.7 Å². The Bertz CT molecular complexity index is 665. The van der Waals surface area contributed by atoms with Gasteiger partial charge in [0, 0.05) is 12.8 Å². The lowest BCUT2D eigenvalue weighted by Gasteiger charge is -2.24. The molecule has 0 bridgehead atoms. The fraction of sp³-hybridized carbons (Fsp3) is 0.852. The minimum absolute atomic E-state index is 0.0301. The number of rotatable bonds is 25. The van der Waals surface area contributed by atoms with Crippen molar-refractivity contribution in [2.45, 2.75) is 103 Å². The summed E-state index contributed by atoms with van der Waals surface area (Å²) in [5.74, 6) is -0.840. The van der Waals surface area contributed by atoms with Crippen LogP contribution in [0, 0.1) is 0 Å². The highest BCUT2D eigenvalue weighted by Gasteiger charge is 2.27. The molecule has 10 heteroatoms. The van der Waals surface area contributed by atoms with Gasteiger partial charge in [0.2, 0.25) is 0 Å². The van der Waals surface area contributed by atoms with Crippen molar-refractivity contribution < 1.29 is 42.1 Å². The Kier molecular flexibility index (Phi) is 20.9. The quantitative estimate of drug-likeness (QED) is 0.0489. The number of ether oxygens (including phenoxy) is 2. The van der Waals surface area contributed by atoms with E-state index in [-0.39, 0.29) is 26.1 Å². The molecule has 9 nitrogen and oxygen atoms in total. The van der Waals surface area contributed by atoms with Gasteiger partial charge in [0.05, 0.1) is 27.7 Å². The molecule has 0 heterocycles. The third-order valence-corrected chi connectivity index (χ3v) is 6.68. The number of quaternary nitrogens is 1. The van der Waals surface area contributed by atoms with Crippen LogP contribution in [0.3, 0.4) is 0 Å². The Morgan fingerprint density at radius 2 is 1.43 bits per heavy atom. The lowest BCUT2D eigenvalue weighted by molar-refractivity contribution is -0.870. The molecule has 2 atom stereocenters. The van der Waals surface area contributed by atoms with E-state index in [0.717, 1.165) is 64.2 Å². The summed E-state index contributed by atoms with van der Waals surface area (Å²) < 4.78 is 33.6. The standard InChI is InChI=1S/C27H52NO8P/c1-6-8-10-12-14-16-17-19-26(29)33-23-25(36-27(30)20-18-15-13-11-9-7-2)24-35-37(31,32)34-22-21-28(3,4)5/h6,25H,1,7-24H2,2-5H3/p+1/t25-/m1/s1. The summed E-state index contributed by atoms with van der Waals surface area (Å²) in [6.07, 6.45) is 13.5. The van der Waals surface area contributed by atoms with E-state index in [0.29, 0.717) is 17.4 Å². The number of likely N-dealkylation sites (N-methyl/N-ethyl adjacent to an activating group) is 1. The fourth-order valence-corrected chi connectivity index (χ4v) is 4.14. The molecule has 0 saturated carbocycles. The van der Waals surface area contributed by atoms with Gasteiger partial charge in [-0.3, -0.25) is 18.6 Å². The molecule has 0 aromatic carbocycles. The lowest BCUT2D eigenvalue weighted by Crippen LogP contribution is -2.37. The van der Waals surface area contributed by atoms with Crippen molar-refractivity contribution >= 4 is 19.8 Å². The summed E-state index contributed by atoms with van der Waals surface area (Å²) in [6, 6.07) is 0. The molecule has 0 saturated heterocycles. The van der Waals surface area contributed by atoms with Crippen LogP contribution in [0.5, 0.6) is 0 Å². The summed E-state index contributed by atoms with van der Waals surface area (Å²) in [5, 5.41) is 0. The van der Waals surface area contributed by atoms with E-state index in [1.807, 2.05) is 27.2 Å². The van der Waals surface area contributed by atoms with E-state index < -0.39 is 32.5 Å². The van der Waals surface area contributed by atoms with Crippen LogP contribution < -0.4 is 0 Å². The number of hydrogen-bond donors (Lipinski definition) is 1. The highest BCUT2D eigenvalue weighted by Crippen LogP contribution is 2.43. The van der Waals surface area contributed by atoms with Gasteiger partial charge in [-0.25, -0.2) is 4.57 Å². The van der Waals surface area contributed by atoms with Gasteiger partial charge in [-0.2, -0.15) is 0 Å². The predicted octanol–water partition coefficient (Wildman–Crippen LogP) is 5.95. The monoisotopic (exact) mass is 550 g/mol. The molecule has 218 valence electrons. The Morgan fingerprint density at radius 1 is 0.865 bits per heavy atom. The second-order valence-electron chi connectivity index (χ2n) is 10.5. The minimum Gasteiger partial charge on any atom is -0.462 e. The average molecular weight is 551 g/mol. The molecule has 0 aromatic rings. The zero-order valence-electron chi connectivity index (χ0n) is 23.8. The van der Waals surface area contributed by atoms with Crippen molar-refractivity contribution in [3.05, 3.63) is 12.7 Å². The van der Waals surface area contributed by atoms with Crippen molar-refractivity contribution in [2.75, 3.05) is 47.5 Å². The van der Waals surface area contributed by atoms with Crippen LogP contribution in [0.2, 0.25) is 0 Å². The van der Waals surface area contributed by atoms with Gasteiger partial charge in [-0.15, -0.1) is 6.58 Å². The Hall–Kier alpha value is -1.25. The molecule has 0 fully saturated rings. The van der Waals surface area contributed by atoms with Crippen LogP contribution in [0.15, 0.2) is 12.7 Å². The number of hydrogen-bond acceptors (Lipinski definition) is 7. The van der Waals surface area contributed by atoms with Crippen LogP contribution in [0.25, 0.3) is 0 Å². The normalized spacial score (nSPS) is 14.1. The summed E-state index contributed by atoms with van der Waals surface area (Å²) >= 11 is 0. The molecule has 1 unspecified atom stereocenters. The summed E-state index contributed by atoms with van der Waals surface area (Å²) in [6.45, 7) is 5.76. The number of unbranched alkanes of at least 4 members (excludes halogenated alkanes) is 10. The van der Waals surface area contributed by atoms with Crippen LogP contribution in [-0.4, -0.2) is 74.9 Å². The molecule has 0 aliphatic heterocycles. The first kappa shape index (κ1) is 35.8. The highest BCUT2D eigenvalue weighted by atomic mass is 31.2. The van der Waals surface area contributed by atoms with Crippen LogP contribution >= 0.6 is 7.82 Å². The first-order valence-corrected chi connectivity index (χ1v) is 15.4. The molecular formula is C27H53NO8P+. The molecule has 0 aliphatic carbocycles. The van der Waals surface area contributed by atoms with Gasteiger partial charge < -0.3 is 18.9 Å². The molecular weight excluding hydrogens is 497 g/mol. The van der Waals surface area contributed by atoms with Crippen molar-refractivity contribution in [1.29, 1.82) is 0 Å². The minimum atomic E-state index is -4.34. The van der Waals surface area contributed by atoms with E-state index in [1.54, 1.807) is 0 Å². The van der Waals surface area contributed by atoms with Crippen molar-refractivity contribution in [3.63, 3.8) is 0 Å². The molecule has 0 rings (SSSR count). The van der Waals surface area contributed by atoms with Gasteiger partial charge in [0.15, 0.2) is 6.10 Å². The molecule has 0 amide bonds. The number of carbonyl (C=O) groups excluding carboxylic acids is 2. The smallest absolute Gasteiger partial charge is 0.462 e. The predicted molar refractivity (Wildman–Crippen MR) is 146 cm³/mol. The maximum absolute atomic E-state index is 12.3. The first-order valence-electron chi connectivity index (χ1n) is 13.9. The molecule has 0 aromatic heterocycles. The molecule has 0 radical (unpaired) electrons. The Labute approximate surface area is 225 Å². The Balaban J connectivity index is 4.59. The van der Waals surface area contributed by atoms with Crippen LogP contribution in [0.4, 0.5) is 0 Å². The molecule has 0 aliphatic rings. The third-order valence-electron chi connectivity index (χ3n) is 5.69. The van der Waals surface area contributed by atoms with Gasteiger partial charge in [-0.05, 0) is 25.7 Å². The topological polar surface area (TPSA) is 108 Å². The first-order chi connectivity index (χ1) is 17.5. The second-order valence-corrected chi connectivity index (χ2v) is 12.0. The summed E-state index contributed by atoms with van der Waals surface area (Å²) in [4.78, 5) is 34.5. The average Bonchev–Trinajstić information content (AvgIpc) is 2.81. The van der Waals surface area contributed by atoms with E-state index in [1.165, 1.54) is 6.42 Å². The second kappa shape index (κ2) is 21.7. The maximum Gasteiger partial charge on any atom is 0.472 e. The number of nitrogens with zero attached hydrogens (tertiary/aromatic N) is 1. The number of allylic oxidation sites excluding steroid dienone is 1. The summed E-state index contributed by atoms with van der Waals surface area (Å²) in [7, 11) is 1.46. The third kappa shape index (κ3) is 24.8. The van der Waals surface area contributed by atoms with E-state index in [4.69, 9.17) is 18.5 Å². The van der Waals surface area contributed by atoms with Crippen molar-refractivity contribution in [3.8, 4) is 0 Å². The van der Waals surface area contributed by atoms with Crippen LogP contribution in [0.1, 0.15) is 96.8 Å². The zero-order chi connectivity index (χ0) is 28.0. The number of esters is 2. The number of phosphoric acid groups is 1.